The van der Waals surface area contributed by atoms with E-state index < -0.39 is 0 Å². The summed E-state index contributed by atoms with van der Waals surface area (Å²) in [6.07, 6.45) is 3.52. The Morgan fingerprint density at radius 2 is 2.12 bits per heavy atom. The average molecular weight is 297 g/mol. The van der Waals surface area contributed by atoms with Crippen LogP contribution < -0.4 is 11.1 Å². The highest BCUT2D eigenvalue weighted by molar-refractivity contribution is 9.10. The van der Waals surface area contributed by atoms with Crippen molar-refractivity contribution in [2.75, 3.05) is 0 Å². The fraction of sp³-hybridized carbons (Fsp3) is 0.462. The molecule has 1 amide bonds. The first-order valence-electron chi connectivity index (χ1n) is 5.88. The Bertz CT molecular complexity index is 416. The Balaban J connectivity index is 1.82. The zero-order valence-electron chi connectivity index (χ0n) is 9.71. The minimum atomic E-state index is -0.238. The lowest BCUT2D eigenvalue weighted by molar-refractivity contribution is -0.123. The lowest BCUT2D eigenvalue weighted by Crippen LogP contribution is -2.49. The molecular formula is C13H17BrN2O. The van der Waals surface area contributed by atoms with Gasteiger partial charge in [-0.2, -0.15) is 0 Å². The maximum atomic E-state index is 11.7. The summed E-state index contributed by atoms with van der Waals surface area (Å²) < 4.78 is 1.02. The van der Waals surface area contributed by atoms with Crippen LogP contribution in [-0.4, -0.2) is 11.4 Å². The van der Waals surface area contributed by atoms with Gasteiger partial charge in [0, 0.05) is 23.0 Å². The maximum absolute atomic E-state index is 11.7. The molecule has 0 heterocycles. The molecule has 1 fully saturated rings. The summed E-state index contributed by atoms with van der Waals surface area (Å²) in [4.78, 5) is 11.7. The lowest BCUT2D eigenvalue weighted by Gasteiger charge is -2.37. The Labute approximate surface area is 110 Å². The van der Waals surface area contributed by atoms with Gasteiger partial charge in [0.25, 0.3) is 0 Å². The molecule has 1 aromatic carbocycles. The van der Waals surface area contributed by atoms with Crippen LogP contribution in [0.15, 0.2) is 28.7 Å². The van der Waals surface area contributed by atoms with E-state index in [0.717, 1.165) is 29.3 Å². The topological polar surface area (TPSA) is 55.1 Å². The van der Waals surface area contributed by atoms with E-state index in [2.05, 4.69) is 21.2 Å². The van der Waals surface area contributed by atoms with E-state index in [4.69, 9.17) is 5.73 Å². The van der Waals surface area contributed by atoms with Gasteiger partial charge in [0.2, 0.25) is 5.91 Å². The van der Waals surface area contributed by atoms with E-state index in [1.54, 1.807) is 0 Å². The second-order valence-corrected chi connectivity index (χ2v) is 5.62. The van der Waals surface area contributed by atoms with Crippen molar-refractivity contribution in [1.29, 1.82) is 0 Å². The molecule has 1 aromatic rings. The normalized spacial score (nSPS) is 17.3. The number of nitrogens with two attached hydrogens (primary N) is 1. The SMILES string of the molecule is NC1(CC(=O)NCc2ccccc2Br)CCC1. The molecule has 0 radical (unpaired) electrons. The monoisotopic (exact) mass is 296 g/mol. The largest absolute Gasteiger partial charge is 0.352 e. The Morgan fingerprint density at radius 1 is 1.41 bits per heavy atom. The molecule has 0 unspecified atom stereocenters. The molecule has 1 saturated carbocycles. The predicted octanol–water partition coefficient (Wildman–Crippen LogP) is 2.34. The van der Waals surface area contributed by atoms with Gasteiger partial charge in [0.05, 0.1) is 0 Å². The molecule has 0 bridgehead atoms. The molecule has 0 aliphatic heterocycles. The number of carbonyl (C=O) groups is 1. The van der Waals surface area contributed by atoms with Crippen LogP contribution >= 0.6 is 15.9 Å². The smallest absolute Gasteiger partial charge is 0.222 e. The van der Waals surface area contributed by atoms with E-state index in [1.807, 2.05) is 24.3 Å². The molecule has 4 heteroatoms. The van der Waals surface area contributed by atoms with E-state index in [-0.39, 0.29) is 11.4 Å². The van der Waals surface area contributed by atoms with Gasteiger partial charge in [0.1, 0.15) is 0 Å². The number of benzene rings is 1. The average Bonchev–Trinajstić information content (AvgIpc) is 2.26. The molecule has 17 heavy (non-hydrogen) atoms. The van der Waals surface area contributed by atoms with Crippen molar-refractivity contribution >= 4 is 21.8 Å². The van der Waals surface area contributed by atoms with E-state index >= 15 is 0 Å². The third-order valence-electron chi connectivity index (χ3n) is 3.30. The first kappa shape index (κ1) is 12.6. The first-order chi connectivity index (χ1) is 8.09. The molecular weight excluding hydrogens is 280 g/mol. The molecule has 1 aliphatic rings. The van der Waals surface area contributed by atoms with Gasteiger partial charge in [-0.3, -0.25) is 4.79 Å². The second kappa shape index (κ2) is 5.19. The highest BCUT2D eigenvalue weighted by Gasteiger charge is 2.34. The van der Waals surface area contributed by atoms with Gasteiger partial charge in [-0.15, -0.1) is 0 Å². The van der Waals surface area contributed by atoms with Gasteiger partial charge in [-0.05, 0) is 30.9 Å². The zero-order chi connectivity index (χ0) is 12.3. The van der Waals surface area contributed by atoms with Crippen molar-refractivity contribution < 1.29 is 4.79 Å². The van der Waals surface area contributed by atoms with Crippen LogP contribution in [0.2, 0.25) is 0 Å². The van der Waals surface area contributed by atoms with E-state index in [9.17, 15) is 4.79 Å². The Morgan fingerprint density at radius 3 is 2.71 bits per heavy atom. The highest BCUT2D eigenvalue weighted by atomic mass is 79.9. The lowest BCUT2D eigenvalue weighted by atomic mass is 9.75. The predicted molar refractivity (Wildman–Crippen MR) is 71.4 cm³/mol. The van der Waals surface area contributed by atoms with Crippen molar-refractivity contribution in [1.82, 2.24) is 5.32 Å². The van der Waals surface area contributed by atoms with Crippen molar-refractivity contribution in [2.24, 2.45) is 5.73 Å². The zero-order valence-corrected chi connectivity index (χ0v) is 11.3. The third-order valence-corrected chi connectivity index (χ3v) is 4.07. The number of amides is 1. The van der Waals surface area contributed by atoms with Gasteiger partial charge >= 0.3 is 0 Å². The highest BCUT2D eigenvalue weighted by Crippen LogP contribution is 2.31. The van der Waals surface area contributed by atoms with Crippen molar-refractivity contribution in [3.05, 3.63) is 34.3 Å². The number of hydrogen-bond donors (Lipinski definition) is 2. The van der Waals surface area contributed by atoms with Crippen LogP contribution in [0.4, 0.5) is 0 Å². The van der Waals surface area contributed by atoms with Crippen molar-refractivity contribution in [3.8, 4) is 0 Å². The maximum Gasteiger partial charge on any atom is 0.222 e. The molecule has 0 aromatic heterocycles. The number of rotatable bonds is 4. The second-order valence-electron chi connectivity index (χ2n) is 4.76. The van der Waals surface area contributed by atoms with Crippen LogP contribution in [-0.2, 0) is 11.3 Å². The summed E-state index contributed by atoms with van der Waals surface area (Å²) in [5.41, 5.74) is 6.88. The standard InChI is InChI=1S/C13H17BrN2O/c14-11-5-2-1-4-10(11)9-16-12(17)8-13(15)6-3-7-13/h1-2,4-5H,3,6-9,15H2,(H,16,17). The van der Waals surface area contributed by atoms with E-state index in [1.165, 1.54) is 0 Å². The fourth-order valence-electron chi connectivity index (χ4n) is 2.03. The summed E-state index contributed by atoms with van der Waals surface area (Å²) in [6.45, 7) is 0.552. The molecule has 0 atom stereocenters. The van der Waals surface area contributed by atoms with Gasteiger partial charge in [-0.1, -0.05) is 34.1 Å². The van der Waals surface area contributed by atoms with Crippen LogP contribution in [0.5, 0.6) is 0 Å². The minimum absolute atomic E-state index is 0.0444. The molecule has 3 N–H and O–H groups in total. The van der Waals surface area contributed by atoms with Crippen LogP contribution in [0.25, 0.3) is 0 Å². The molecule has 1 aliphatic carbocycles. The van der Waals surface area contributed by atoms with Gasteiger partial charge in [0.15, 0.2) is 0 Å². The summed E-state index contributed by atoms with van der Waals surface area (Å²) >= 11 is 3.46. The molecule has 0 spiro atoms. The number of hydrogen-bond acceptors (Lipinski definition) is 2. The molecule has 2 rings (SSSR count). The Kier molecular flexibility index (Phi) is 3.84. The summed E-state index contributed by atoms with van der Waals surface area (Å²) in [6, 6.07) is 7.88. The van der Waals surface area contributed by atoms with Crippen LogP contribution in [0.1, 0.15) is 31.2 Å². The van der Waals surface area contributed by atoms with Crippen molar-refractivity contribution in [2.45, 2.75) is 37.8 Å². The summed E-state index contributed by atoms with van der Waals surface area (Å²) in [7, 11) is 0. The van der Waals surface area contributed by atoms with Crippen molar-refractivity contribution in [3.63, 3.8) is 0 Å². The van der Waals surface area contributed by atoms with Gasteiger partial charge < -0.3 is 11.1 Å². The number of halogens is 1. The van der Waals surface area contributed by atoms with E-state index in [0.29, 0.717) is 13.0 Å². The van der Waals surface area contributed by atoms with Gasteiger partial charge in [-0.25, -0.2) is 0 Å². The van der Waals surface area contributed by atoms with Crippen LogP contribution in [0, 0.1) is 0 Å². The van der Waals surface area contributed by atoms with Crippen LogP contribution in [0.3, 0.4) is 0 Å². The number of nitrogens with one attached hydrogen (secondary N) is 1. The fourth-order valence-corrected chi connectivity index (χ4v) is 2.45. The molecule has 92 valence electrons. The Hall–Kier alpha value is -0.870. The number of carbonyl (C=O) groups excluding carboxylic acids is 1. The first-order valence-corrected chi connectivity index (χ1v) is 6.67. The summed E-state index contributed by atoms with van der Waals surface area (Å²) in [5.74, 6) is 0.0444. The molecule has 3 nitrogen and oxygen atoms in total. The minimum Gasteiger partial charge on any atom is -0.352 e. The quantitative estimate of drug-likeness (QED) is 0.896. The summed E-state index contributed by atoms with van der Waals surface area (Å²) in [5, 5.41) is 2.92. The third kappa shape index (κ3) is 3.30. The molecule has 0 saturated heterocycles.